The summed E-state index contributed by atoms with van der Waals surface area (Å²) in [6.45, 7) is 1.16. The highest BCUT2D eigenvalue weighted by atomic mass is 19.4. The van der Waals surface area contributed by atoms with Crippen LogP contribution >= 0.6 is 0 Å². The van der Waals surface area contributed by atoms with E-state index in [-0.39, 0.29) is 59.5 Å². The van der Waals surface area contributed by atoms with E-state index in [4.69, 9.17) is 15.2 Å². The van der Waals surface area contributed by atoms with Crippen LogP contribution in [0.25, 0.3) is 22.2 Å². The van der Waals surface area contributed by atoms with Crippen LogP contribution in [0.1, 0.15) is 35.5 Å². The third kappa shape index (κ3) is 6.38. The number of rotatable bonds is 10. The molecular formula is C32H29F4N5O6. The number of ether oxygens (including phenoxy) is 2. The molecule has 47 heavy (non-hydrogen) atoms. The number of alkyl halides is 3. The van der Waals surface area contributed by atoms with Gasteiger partial charge in [0.05, 0.1) is 18.8 Å². The van der Waals surface area contributed by atoms with Crippen molar-refractivity contribution in [3.8, 4) is 22.8 Å². The van der Waals surface area contributed by atoms with E-state index < -0.39 is 47.1 Å². The second-order valence-corrected chi connectivity index (χ2v) is 11.1. The van der Waals surface area contributed by atoms with Gasteiger partial charge in [0.15, 0.2) is 0 Å². The van der Waals surface area contributed by atoms with E-state index in [0.29, 0.717) is 10.9 Å². The van der Waals surface area contributed by atoms with Gasteiger partial charge in [-0.3, -0.25) is 19.4 Å². The van der Waals surface area contributed by atoms with Crippen molar-refractivity contribution in [1.29, 1.82) is 0 Å². The lowest BCUT2D eigenvalue weighted by atomic mass is 9.81. The summed E-state index contributed by atoms with van der Waals surface area (Å²) in [5.41, 5.74) is -0.566. The topological polar surface area (TPSA) is 166 Å². The summed E-state index contributed by atoms with van der Waals surface area (Å²) < 4.78 is 69.4. The molecule has 3 heterocycles. The van der Waals surface area contributed by atoms with Crippen molar-refractivity contribution in [1.82, 2.24) is 20.6 Å². The highest BCUT2D eigenvalue weighted by molar-refractivity contribution is 6.00. The molecule has 2 atom stereocenters. The maximum atomic E-state index is 14.8. The number of hydrogen-bond acceptors (Lipinski definition) is 8. The number of carbonyl (C=O) groups excluding carboxylic acids is 3. The molecule has 0 saturated heterocycles. The fourth-order valence-corrected chi connectivity index (χ4v) is 5.04. The quantitative estimate of drug-likeness (QED) is 0.149. The number of pyridine rings is 2. The SMILES string of the molecule is CC(=O)NCCOc1cc(C(=O)NCC(O)(c2cc3c(c(-c4ccc(F)cc4)n2)OC[C@]3(C)C(N)=O)C(F)(F)F)cc2cccnc12. The number of carbonyl (C=O) groups is 3. The average molecular weight is 656 g/mol. The van der Waals surface area contributed by atoms with Crippen molar-refractivity contribution in [3.63, 3.8) is 0 Å². The minimum absolute atomic E-state index is 0.0124. The van der Waals surface area contributed by atoms with Gasteiger partial charge < -0.3 is 30.9 Å². The minimum atomic E-state index is -5.39. The third-order valence-corrected chi connectivity index (χ3v) is 7.80. The Balaban J connectivity index is 1.52. The molecule has 246 valence electrons. The number of nitrogens with two attached hydrogens (primary N) is 1. The van der Waals surface area contributed by atoms with E-state index in [1.807, 2.05) is 0 Å². The van der Waals surface area contributed by atoms with Crippen LogP contribution in [0, 0.1) is 5.82 Å². The first-order valence-corrected chi connectivity index (χ1v) is 14.2. The fourth-order valence-electron chi connectivity index (χ4n) is 5.04. The number of aliphatic hydroxyl groups is 1. The van der Waals surface area contributed by atoms with E-state index in [0.717, 1.165) is 18.2 Å². The number of amides is 3. The van der Waals surface area contributed by atoms with Gasteiger partial charge in [0.2, 0.25) is 17.4 Å². The van der Waals surface area contributed by atoms with Crippen LogP contribution in [-0.4, -0.2) is 65.3 Å². The zero-order valence-electron chi connectivity index (χ0n) is 25.1. The summed E-state index contributed by atoms with van der Waals surface area (Å²) in [4.78, 5) is 45.3. The molecule has 5 N–H and O–H groups in total. The Labute approximate surface area is 265 Å². The first kappa shape index (κ1) is 33.1. The molecular weight excluding hydrogens is 626 g/mol. The Kier molecular flexibility index (Phi) is 8.77. The number of nitrogens with one attached hydrogen (secondary N) is 2. The monoisotopic (exact) mass is 655 g/mol. The molecule has 0 aliphatic carbocycles. The Bertz CT molecular complexity index is 1870. The fraction of sp³-hybridized carbons (Fsp3) is 0.281. The number of primary amides is 1. The van der Waals surface area contributed by atoms with Crippen LogP contribution in [-0.2, 0) is 20.6 Å². The lowest BCUT2D eigenvalue weighted by Crippen LogP contribution is -2.51. The predicted octanol–water partition coefficient (Wildman–Crippen LogP) is 3.27. The Morgan fingerprint density at radius 3 is 2.49 bits per heavy atom. The highest BCUT2D eigenvalue weighted by Crippen LogP contribution is 2.47. The smallest absolute Gasteiger partial charge is 0.424 e. The van der Waals surface area contributed by atoms with Gasteiger partial charge >= 0.3 is 6.18 Å². The molecule has 11 nitrogen and oxygen atoms in total. The largest absolute Gasteiger partial charge is 0.489 e. The molecule has 2 aromatic carbocycles. The molecule has 1 unspecified atom stereocenters. The Morgan fingerprint density at radius 2 is 1.83 bits per heavy atom. The van der Waals surface area contributed by atoms with Crippen molar-refractivity contribution in [3.05, 3.63) is 83.4 Å². The van der Waals surface area contributed by atoms with Crippen molar-refractivity contribution < 1.29 is 46.5 Å². The molecule has 5 rings (SSSR count). The minimum Gasteiger partial charge on any atom is -0.489 e. The van der Waals surface area contributed by atoms with Gasteiger partial charge in [-0.05, 0) is 55.5 Å². The van der Waals surface area contributed by atoms with Crippen molar-refractivity contribution in [2.45, 2.75) is 31.0 Å². The Morgan fingerprint density at radius 1 is 1.11 bits per heavy atom. The van der Waals surface area contributed by atoms with Crippen LogP contribution in [0.4, 0.5) is 17.6 Å². The summed E-state index contributed by atoms with van der Waals surface area (Å²) in [5.74, 6) is -2.70. The van der Waals surface area contributed by atoms with Gasteiger partial charge in [0.1, 0.15) is 47.2 Å². The van der Waals surface area contributed by atoms with Gasteiger partial charge in [-0.25, -0.2) is 9.37 Å². The third-order valence-electron chi connectivity index (χ3n) is 7.80. The number of nitrogens with zero attached hydrogens (tertiary/aromatic N) is 2. The van der Waals surface area contributed by atoms with E-state index in [2.05, 4.69) is 20.6 Å². The molecule has 0 saturated carbocycles. The summed E-state index contributed by atoms with van der Waals surface area (Å²) in [6, 6.07) is 11.4. The van der Waals surface area contributed by atoms with Crippen LogP contribution in [0.5, 0.6) is 11.5 Å². The van der Waals surface area contributed by atoms with Crippen LogP contribution in [0.15, 0.2) is 60.8 Å². The molecule has 2 aromatic heterocycles. The van der Waals surface area contributed by atoms with Gasteiger partial charge in [-0.1, -0.05) is 6.07 Å². The maximum absolute atomic E-state index is 14.8. The first-order valence-electron chi connectivity index (χ1n) is 14.2. The van der Waals surface area contributed by atoms with E-state index in [1.165, 1.54) is 44.3 Å². The lowest BCUT2D eigenvalue weighted by molar-refractivity contribution is -0.265. The predicted molar refractivity (Wildman–Crippen MR) is 160 cm³/mol. The zero-order valence-corrected chi connectivity index (χ0v) is 25.1. The van der Waals surface area contributed by atoms with Crippen LogP contribution < -0.4 is 25.8 Å². The van der Waals surface area contributed by atoms with Crippen molar-refractivity contribution >= 4 is 28.6 Å². The first-order chi connectivity index (χ1) is 22.1. The number of halogens is 4. The normalized spacial score (nSPS) is 16.9. The summed E-state index contributed by atoms with van der Waals surface area (Å²) in [7, 11) is 0. The highest BCUT2D eigenvalue weighted by Gasteiger charge is 2.57. The van der Waals surface area contributed by atoms with E-state index in [9.17, 15) is 37.1 Å². The second-order valence-electron chi connectivity index (χ2n) is 11.1. The Hall–Kier alpha value is -5.31. The van der Waals surface area contributed by atoms with E-state index in [1.54, 1.807) is 12.1 Å². The second kappa shape index (κ2) is 12.5. The number of fused-ring (bicyclic) bond motifs is 2. The lowest BCUT2D eigenvalue weighted by Gasteiger charge is -2.31. The van der Waals surface area contributed by atoms with Gasteiger partial charge in [0.25, 0.3) is 5.91 Å². The number of benzene rings is 2. The molecule has 1 aliphatic heterocycles. The van der Waals surface area contributed by atoms with Gasteiger partial charge in [-0.15, -0.1) is 0 Å². The molecule has 0 bridgehead atoms. The van der Waals surface area contributed by atoms with Gasteiger partial charge in [0, 0.05) is 35.2 Å². The summed E-state index contributed by atoms with van der Waals surface area (Å²) in [5, 5.41) is 16.4. The zero-order chi connectivity index (χ0) is 34.1. The molecule has 3 amide bonds. The molecule has 15 heteroatoms. The summed E-state index contributed by atoms with van der Waals surface area (Å²) >= 11 is 0. The van der Waals surface area contributed by atoms with Crippen molar-refractivity contribution in [2.24, 2.45) is 5.73 Å². The van der Waals surface area contributed by atoms with Crippen molar-refractivity contribution in [2.75, 3.05) is 26.3 Å². The summed E-state index contributed by atoms with van der Waals surface area (Å²) in [6.07, 6.45) is -3.90. The van der Waals surface area contributed by atoms with E-state index >= 15 is 0 Å². The van der Waals surface area contributed by atoms with Crippen LogP contribution in [0.3, 0.4) is 0 Å². The molecule has 0 fully saturated rings. The van der Waals surface area contributed by atoms with Gasteiger partial charge in [-0.2, -0.15) is 13.2 Å². The number of hydrogen-bond donors (Lipinski definition) is 4. The maximum Gasteiger partial charge on any atom is 0.424 e. The standard InChI is InChI=1S/C32H29F4N5O6/c1-17(42)38-10-11-46-23-13-20(12-19-4-3-9-39-25(19)23)28(43)40-15-31(45,32(34,35)36)24-14-22-27(47-16-30(22,2)29(37)44)26(41-24)18-5-7-21(33)8-6-18/h3-9,12-14,45H,10-11,15-16H2,1-2H3,(H2,37,44)(H,38,42)(H,40,43)/t30-,31?/m0/s1. The molecule has 4 aromatic rings. The molecule has 0 spiro atoms. The average Bonchev–Trinajstić information content (AvgIpc) is 3.38. The molecule has 1 aliphatic rings. The number of aromatic nitrogens is 2. The van der Waals surface area contributed by atoms with Crippen LogP contribution in [0.2, 0.25) is 0 Å². The molecule has 0 radical (unpaired) electrons.